The smallest absolute Gasteiger partial charge is 0.232 e. The summed E-state index contributed by atoms with van der Waals surface area (Å²) >= 11 is 0. The molecule has 0 spiro atoms. The summed E-state index contributed by atoms with van der Waals surface area (Å²) in [6.45, 7) is 2.33. The molecule has 1 aromatic rings. The maximum atomic E-state index is 10.6. The maximum absolute atomic E-state index is 10.6. The Kier molecular flexibility index (Phi) is 5.02. The number of unbranched alkanes of at least 4 members (excludes halogenated alkanes) is 1. The van der Waals surface area contributed by atoms with Crippen LogP contribution in [-0.4, -0.2) is 25.8 Å². The van der Waals surface area contributed by atoms with Crippen molar-refractivity contribution in [1.29, 1.82) is 0 Å². The third-order valence-electron chi connectivity index (χ3n) is 2.00. The highest BCUT2D eigenvalue weighted by molar-refractivity contribution is 8.13. The number of nitrogens with zero attached hydrogens (tertiary/aromatic N) is 1. The molecule has 0 saturated carbocycles. The molecule has 0 saturated heterocycles. The van der Waals surface area contributed by atoms with E-state index in [-0.39, 0.29) is 5.75 Å². The monoisotopic (exact) mass is 263 g/mol. The number of hydrogen-bond donors (Lipinski definition) is 0. The second-order valence-electron chi connectivity index (χ2n) is 3.39. The minimum Gasteiger partial charge on any atom is -0.492 e. The van der Waals surface area contributed by atoms with E-state index in [0.29, 0.717) is 19.4 Å². The van der Waals surface area contributed by atoms with Gasteiger partial charge in [0.05, 0.1) is 18.1 Å². The Bertz CT molecular complexity index is 433. The number of aryl methyl sites for hydroxylation is 1. The predicted octanol–water partition coefficient (Wildman–Crippen LogP) is 2.12. The lowest BCUT2D eigenvalue weighted by atomic mass is 10.3. The third kappa shape index (κ3) is 5.32. The van der Waals surface area contributed by atoms with Gasteiger partial charge in [0, 0.05) is 16.9 Å². The van der Waals surface area contributed by atoms with Gasteiger partial charge >= 0.3 is 0 Å². The van der Waals surface area contributed by atoms with Gasteiger partial charge in [0.25, 0.3) is 0 Å². The molecule has 0 radical (unpaired) electrons. The summed E-state index contributed by atoms with van der Waals surface area (Å²) in [5, 5.41) is 0. The first-order valence-electron chi connectivity index (χ1n) is 4.96. The van der Waals surface area contributed by atoms with Crippen molar-refractivity contribution in [2.75, 3.05) is 12.4 Å². The highest BCUT2D eigenvalue weighted by atomic mass is 35.7. The molecule has 0 atom stereocenters. The Morgan fingerprint density at radius 3 is 2.81 bits per heavy atom. The lowest BCUT2D eigenvalue weighted by Crippen LogP contribution is -2.03. The summed E-state index contributed by atoms with van der Waals surface area (Å²) in [5.74, 6) is 0.723. The zero-order chi connectivity index (χ0) is 12.0. The van der Waals surface area contributed by atoms with E-state index in [4.69, 9.17) is 15.4 Å². The molecule has 1 aromatic heterocycles. The van der Waals surface area contributed by atoms with Crippen molar-refractivity contribution < 1.29 is 13.2 Å². The van der Waals surface area contributed by atoms with Crippen LogP contribution in [0.25, 0.3) is 0 Å². The summed E-state index contributed by atoms with van der Waals surface area (Å²) in [5.41, 5.74) is 0.826. The molecule has 16 heavy (non-hydrogen) atoms. The van der Waals surface area contributed by atoms with E-state index in [2.05, 4.69) is 4.98 Å². The summed E-state index contributed by atoms with van der Waals surface area (Å²) in [7, 11) is 1.70. The van der Waals surface area contributed by atoms with E-state index in [1.165, 1.54) is 0 Å². The van der Waals surface area contributed by atoms with Crippen LogP contribution in [0.15, 0.2) is 18.3 Å². The Labute approximate surface area is 100 Å². The zero-order valence-electron chi connectivity index (χ0n) is 9.02. The van der Waals surface area contributed by atoms with Crippen LogP contribution in [0.3, 0.4) is 0 Å². The SMILES string of the molecule is Cc1ncccc1OCCCCS(=O)(=O)Cl. The van der Waals surface area contributed by atoms with Crippen molar-refractivity contribution >= 4 is 19.7 Å². The first-order chi connectivity index (χ1) is 7.49. The van der Waals surface area contributed by atoms with Gasteiger partial charge in [-0.15, -0.1) is 0 Å². The molecule has 0 fully saturated rings. The summed E-state index contributed by atoms with van der Waals surface area (Å²) < 4.78 is 26.7. The van der Waals surface area contributed by atoms with Gasteiger partial charge in [-0.25, -0.2) is 8.42 Å². The van der Waals surface area contributed by atoms with Gasteiger partial charge in [-0.3, -0.25) is 4.98 Å². The fraction of sp³-hybridized carbons (Fsp3) is 0.500. The van der Waals surface area contributed by atoms with Crippen LogP contribution in [0.1, 0.15) is 18.5 Å². The third-order valence-corrected chi connectivity index (χ3v) is 3.24. The van der Waals surface area contributed by atoms with Crippen LogP contribution in [0, 0.1) is 6.92 Å². The van der Waals surface area contributed by atoms with E-state index in [1.54, 1.807) is 12.3 Å². The standard InChI is InChI=1S/C10H14ClNO3S/c1-9-10(5-4-6-12-9)15-7-2-3-8-16(11,13)14/h4-6H,2-3,7-8H2,1H3. The Hall–Kier alpha value is -0.810. The van der Waals surface area contributed by atoms with Gasteiger partial charge in [-0.1, -0.05) is 0 Å². The molecule has 0 bridgehead atoms. The predicted molar refractivity (Wildman–Crippen MR) is 63.3 cm³/mol. The number of aromatic nitrogens is 1. The van der Waals surface area contributed by atoms with Gasteiger partial charge in [0.1, 0.15) is 5.75 Å². The highest BCUT2D eigenvalue weighted by Gasteiger charge is 2.04. The molecule has 1 heterocycles. The van der Waals surface area contributed by atoms with Crippen LogP contribution in [-0.2, 0) is 9.05 Å². The minimum absolute atomic E-state index is 0.00998. The Morgan fingerprint density at radius 2 is 2.19 bits per heavy atom. The van der Waals surface area contributed by atoms with Crippen molar-refractivity contribution in [1.82, 2.24) is 4.98 Å². The zero-order valence-corrected chi connectivity index (χ0v) is 10.6. The number of pyridine rings is 1. The molecule has 0 N–H and O–H groups in total. The van der Waals surface area contributed by atoms with Crippen molar-refractivity contribution in [2.24, 2.45) is 0 Å². The Morgan fingerprint density at radius 1 is 1.44 bits per heavy atom. The van der Waals surface area contributed by atoms with Gasteiger partial charge in [0.2, 0.25) is 9.05 Å². The molecule has 0 aliphatic heterocycles. The molecular weight excluding hydrogens is 250 g/mol. The number of rotatable bonds is 6. The average molecular weight is 264 g/mol. The number of halogens is 1. The molecular formula is C10H14ClNO3S. The van der Waals surface area contributed by atoms with Crippen LogP contribution >= 0.6 is 10.7 Å². The minimum atomic E-state index is -3.37. The topological polar surface area (TPSA) is 56.3 Å². The van der Waals surface area contributed by atoms with E-state index in [1.807, 2.05) is 13.0 Å². The Balaban J connectivity index is 2.24. The first kappa shape index (κ1) is 13.3. The number of hydrogen-bond acceptors (Lipinski definition) is 4. The second-order valence-corrected chi connectivity index (χ2v) is 6.28. The van der Waals surface area contributed by atoms with E-state index >= 15 is 0 Å². The normalized spacial score (nSPS) is 11.4. The van der Waals surface area contributed by atoms with Crippen molar-refractivity contribution in [3.05, 3.63) is 24.0 Å². The lowest BCUT2D eigenvalue weighted by Gasteiger charge is -2.07. The molecule has 0 aromatic carbocycles. The molecule has 0 aliphatic rings. The van der Waals surface area contributed by atoms with Crippen LogP contribution in [0.4, 0.5) is 0 Å². The van der Waals surface area contributed by atoms with Crippen molar-refractivity contribution in [2.45, 2.75) is 19.8 Å². The van der Waals surface area contributed by atoms with Crippen LogP contribution in [0.2, 0.25) is 0 Å². The highest BCUT2D eigenvalue weighted by Crippen LogP contribution is 2.14. The summed E-state index contributed by atoms with van der Waals surface area (Å²) in [4.78, 5) is 4.08. The summed E-state index contributed by atoms with van der Waals surface area (Å²) in [6, 6.07) is 3.63. The molecule has 90 valence electrons. The van der Waals surface area contributed by atoms with E-state index in [0.717, 1.165) is 11.4 Å². The van der Waals surface area contributed by atoms with E-state index in [9.17, 15) is 8.42 Å². The summed E-state index contributed by atoms with van der Waals surface area (Å²) in [6.07, 6.45) is 2.85. The van der Waals surface area contributed by atoms with Crippen LogP contribution < -0.4 is 4.74 Å². The molecule has 0 unspecified atom stereocenters. The van der Waals surface area contributed by atoms with Crippen LogP contribution in [0.5, 0.6) is 5.75 Å². The maximum Gasteiger partial charge on any atom is 0.232 e. The second kappa shape index (κ2) is 6.06. The fourth-order valence-corrected chi connectivity index (χ4v) is 2.06. The van der Waals surface area contributed by atoms with Gasteiger partial charge < -0.3 is 4.74 Å². The van der Waals surface area contributed by atoms with Gasteiger partial charge in [-0.05, 0) is 31.9 Å². The van der Waals surface area contributed by atoms with Gasteiger partial charge in [-0.2, -0.15) is 0 Å². The molecule has 0 aliphatic carbocycles. The van der Waals surface area contributed by atoms with Crippen molar-refractivity contribution in [3.63, 3.8) is 0 Å². The van der Waals surface area contributed by atoms with Gasteiger partial charge in [0.15, 0.2) is 0 Å². The van der Waals surface area contributed by atoms with Crippen molar-refractivity contribution in [3.8, 4) is 5.75 Å². The fourth-order valence-electron chi connectivity index (χ4n) is 1.18. The molecule has 0 amide bonds. The largest absolute Gasteiger partial charge is 0.492 e. The van der Waals surface area contributed by atoms with E-state index < -0.39 is 9.05 Å². The molecule has 4 nitrogen and oxygen atoms in total. The first-order valence-corrected chi connectivity index (χ1v) is 7.43. The molecule has 1 rings (SSSR count). The average Bonchev–Trinajstić information content (AvgIpc) is 2.18. The molecule has 6 heteroatoms. The number of ether oxygens (including phenoxy) is 1. The lowest BCUT2D eigenvalue weighted by molar-refractivity contribution is 0.306. The quantitative estimate of drug-likeness (QED) is 0.583.